The quantitative estimate of drug-likeness (QED) is 0.883. The molecule has 2 N–H and O–H groups in total. The van der Waals surface area contributed by atoms with Crippen LogP contribution in [0.15, 0.2) is 24.3 Å². The van der Waals surface area contributed by atoms with Crippen molar-refractivity contribution in [3.8, 4) is 0 Å². The zero-order chi connectivity index (χ0) is 13.9. The summed E-state index contributed by atoms with van der Waals surface area (Å²) in [6, 6.07) is 8.83. The Morgan fingerprint density at radius 3 is 2.50 bits per heavy atom. The Morgan fingerprint density at radius 1 is 1.15 bits per heavy atom. The molecule has 1 aromatic rings. The van der Waals surface area contributed by atoms with Gasteiger partial charge in [0.05, 0.1) is 5.56 Å². The number of likely N-dealkylation sites (tertiary alicyclic amines) is 1. The summed E-state index contributed by atoms with van der Waals surface area (Å²) < 4.78 is 0. The second kappa shape index (κ2) is 5.83. The molecule has 1 saturated heterocycles. The largest absolute Gasteiger partial charge is 0.387 e. The number of para-hydroxylation sites is 1. The molecule has 1 heterocycles. The molecule has 0 spiro atoms. The van der Waals surface area contributed by atoms with E-state index in [2.05, 4.69) is 15.5 Å². The van der Waals surface area contributed by atoms with Gasteiger partial charge in [0.2, 0.25) is 0 Å². The van der Waals surface area contributed by atoms with Gasteiger partial charge < -0.3 is 15.5 Å². The SMILES string of the molecule is CNc1ccccc1C(=O)NC1CCN(C2CC2)CC1. The van der Waals surface area contributed by atoms with Gasteiger partial charge in [0.25, 0.3) is 5.91 Å². The highest BCUT2D eigenvalue weighted by Gasteiger charge is 2.32. The minimum atomic E-state index is 0.0415. The molecule has 1 amide bonds. The Balaban J connectivity index is 1.56. The molecule has 4 nitrogen and oxygen atoms in total. The van der Waals surface area contributed by atoms with Crippen molar-refractivity contribution >= 4 is 11.6 Å². The molecule has 4 heteroatoms. The number of hydrogen-bond acceptors (Lipinski definition) is 3. The number of nitrogens with zero attached hydrogens (tertiary/aromatic N) is 1. The summed E-state index contributed by atoms with van der Waals surface area (Å²) in [5.74, 6) is 0.0415. The summed E-state index contributed by atoms with van der Waals surface area (Å²) in [7, 11) is 1.85. The fourth-order valence-electron chi connectivity index (χ4n) is 3.01. The Morgan fingerprint density at radius 2 is 1.85 bits per heavy atom. The Bertz CT molecular complexity index is 476. The maximum absolute atomic E-state index is 12.4. The predicted octanol–water partition coefficient (Wildman–Crippen LogP) is 2.08. The van der Waals surface area contributed by atoms with Gasteiger partial charge in [-0.05, 0) is 37.8 Å². The van der Waals surface area contributed by atoms with Crippen molar-refractivity contribution in [2.75, 3.05) is 25.5 Å². The highest BCUT2D eigenvalue weighted by atomic mass is 16.1. The monoisotopic (exact) mass is 273 g/mol. The summed E-state index contributed by atoms with van der Waals surface area (Å²) in [5.41, 5.74) is 1.63. The summed E-state index contributed by atoms with van der Waals surface area (Å²) in [5, 5.41) is 6.26. The van der Waals surface area contributed by atoms with Gasteiger partial charge in [-0.25, -0.2) is 0 Å². The fraction of sp³-hybridized carbons (Fsp3) is 0.562. The van der Waals surface area contributed by atoms with E-state index in [1.54, 1.807) is 0 Å². The summed E-state index contributed by atoms with van der Waals surface area (Å²) in [6.45, 7) is 2.26. The van der Waals surface area contributed by atoms with Crippen LogP contribution in [0.4, 0.5) is 5.69 Å². The third kappa shape index (κ3) is 2.96. The molecule has 1 aliphatic carbocycles. The average Bonchev–Trinajstić information content (AvgIpc) is 3.32. The van der Waals surface area contributed by atoms with Crippen LogP contribution in [0, 0.1) is 0 Å². The third-order valence-electron chi connectivity index (χ3n) is 4.37. The molecule has 1 aliphatic heterocycles. The minimum Gasteiger partial charge on any atom is -0.387 e. The van der Waals surface area contributed by atoms with Gasteiger partial charge in [0.1, 0.15) is 0 Å². The number of carbonyl (C=O) groups excluding carboxylic acids is 1. The van der Waals surface area contributed by atoms with Crippen molar-refractivity contribution < 1.29 is 4.79 Å². The smallest absolute Gasteiger partial charge is 0.253 e. The molecular formula is C16H23N3O. The van der Waals surface area contributed by atoms with E-state index in [-0.39, 0.29) is 5.91 Å². The van der Waals surface area contributed by atoms with Gasteiger partial charge >= 0.3 is 0 Å². The van der Waals surface area contributed by atoms with Crippen LogP contribution in [0.3, 0.4) is 0 Å². The summed E-state index contributed by atoms with van der Waals surface area (Å²) in [4.78, 5) is 14.9. The molecule has 0 atom stereocenters. The van der Waals surface area contributed by atoms with E-state index >= 15 is 0 Å². The number of nitrogens with one attached hydrogen (secondary N) is 2. The van der Waals surface area contributed by atoms with E-state index < -0.39 is 0 Å². The second-order valence-electron chi connectivity index (χ2n) is 5.81. The molecule has 2 fully saturated rings. The molecule has 0 unspecified atom stereocenters. The van der Waals surface area contributed by atoms with E-state index in [0.717, 1.165) is 43.2 Å². The average molecular weight is 273 g/mol. The standard InChI is InChI=1S/C16H23N3O/c1-17-15-5-3-2-4-14(15)16(20)18-12-8-10-19(11-9-12)13-6-7-13/h2-5,12-13,17H,6-11H2,1H3,(H,18,20). The van der Waals surface area contributed by atoms with Crippen LogP contribution < -0.4 is 10.6 Å². The Kier molecular flexibility index (Phi) is 3.92. The molecule has 1 saturated carbocycles. The van der Waals surface area contributed by atoms with Gasteiger partial charge in [0.15, 0.2) is 0 Å². The number of benzene rings is 1. The first-order valence-corrected chi connectivity index (χ1v) is 7.59. The van der Waals surface area contributed by atoms with Crippen LogP contribution in [0.1, 0.15) is 36.0 Å². The van der Waals surface area contributed by atoms with Gasteiger partial charge in [-0.15, -0.1) is 0 Å². The normalized spacial score (nSPS) is 20.6. The van der Waals surface area contributed by atoms with Crippen LogP contribution in [-0.4, -0.2) is 43.0 Å². The zero-order valence-electron chi connectivity index (χ0n) is 12.1. The van der Waals surface area contributed by atoms with Crippen molar-refractivity contribution in [2.45, 2.75) is 37.8 Å². The Labute approximate surface area is 120 Å². The lowest BCUT2D eigenvalue weighted by Gasteiger charge is -2.32. The maximum Gasteiger partial charge on any atom is 0.253 e. The van der Waals surface area contributed by atoms with Crippen molar-refractivity contribution in [3.63, 3.8) is 0 Å². The molecule has 3 rings (SSSR count). The second-order valence-corrected chi connectivity index (χ2v) is 5.81. The first-order valence-electron chi connectivity index (χ1n) is 7.59. The minimum absolute atomic E-state index is 0.0415. The van der Waals surface area contributed by atoms with Gasteiger partial charge in [0, 0.05) is 37.9 Å². The lowest BCUT2D eigenvalue weighted by atomic mass is 10.0. The van der Waals surface area contributed by atoms with Crippen molar-refractivity contribution in [2.24, 2.45) is 0 Å². The third-order valence-corrected chi connectivity index (χ3v) is 4.37. The van der Waals surface area contributed by atoms with Crippen LogP contribution >= 0.6 is 0 Å². The van der Waals surface area contributed by atoms with Crippen LogP contribution in [0.2, 0.25) is 0 Å². The van der Waals surface area contributed by atoms with E-state index in [1.807, 2.05) is 31.3 Å². The van der Waals surface area contributed by atoms with Gasteiger partial charge in [-0.2, -0.15) is 0 Å². The van der Waals surface area contributed by atoms with Crippen molar-refractivity contribution in [3.05, 3.63) is 29.8 Å². The predicted molar refractivity (Wildman–Crippen MR) is 81.1 cm³/mol. The number of piperidine rings is 1. The lowest BCUT2D eigenvalue weighted by Crippen LogP contribution is -2.45. The molecule has 0 radical (unpaired) electrons. The molecule has 20 heavy (non-hydrogen) atoms. The molecule has 0 bridgehead atoms. The summed E-state index contributed by atoms with van der Waals surface area (Å²) in [6.07, 6.45) is 4.88. The number of rotatable bonds is 4. The number of carbonyl (C=O) groups is 1. The van der Waals surface area contributed by atoms with Crippen LogP contribution in [0.5, 0.6) is 0 Å². The molecule has 108 valence electrons. The van der Waals surface area contributed by atoms with Crippen molar-refractivity contribution in [1.82, 2.24) is 10.2 Å². The van der Waals surface area contributed by atoms with Crippen molar-refractivity contribution in [1.29, 1.82) is 0 Å². The van der Waals surface area contributed by atoms with E-state index in [1.165, 1.54) is 12.8 Å². The lowest BCUT2D eigenvalue weighted by molar-refractivity contribution is 0.0910. The topological polar surface area (TPSA) is 44.4 Å². The molecular weight excluding hydrogens is 250 g/mol. The highest BCUT2D eigenvalue weighted by molar-refractivity contribution is 5.99. The van der Waals surface area contributed by atoms with Crippen LogP contribution in [0.25, 0.3) is 0 Å². The van der Waals surface area contributed by atoms with E-state index in [0.29, 0.717) is 6.04 Å². The molecule has 2 aliphatic rings. The molecule has 1 aromatic carbocycles. The zero-order valence-corrected chi connectivity index (χ0v) is 12.1. The summed E-state index contributed by atoms with van der Waals surface area (Å²) >= 11 is 0. The molecule has 0 aromatic heterocycles. The number of amides is 1. The first kappa shape index (κ1) is 13.4. The number of hydrogen-bond donors (Lipinski definition) is 2. The van der Waals surface area contributed by atoms with E-state index in [4.69, 9.17) is 0 Å². The maximum atomic E-state index is 12.4. The highest BCUT2D eigenvalue weighted by Crippen LogP contribution is 2.29. The fourth-order valence-corrected chi connectivity index (χ4v) is 3.01. The van der Waals surface area contributed by atoms with Gasteiger partial charge in [-0.1, -0.05) is 12.1 Å². The Hall–Kier alpha value is -1.55. The van der Waals surface area contributed by atoms with Crippen LogP contribution in [-0.2, 0) is 0 Å². The van der Waals surface area contributed by atoms with Gasteiger partial charge in [-0.3, -0.25) is 4.79 Å². The number of anilines is 1. The first-order chi connectivity index (χ1) is 9.78. The van der Waals surface area contributed by atoms with E-state index in [9.17, 15) is 4.79 Å².